The van der Waals surface area contributed by atoms with E-state index < -0.39 is 0 Å². The summed E-state index contributed by atoms with van der Waals surface area (Å²) in [6.07, 6.45) is 11.8. The Morgan fingerprint density at radius 2 is 1.46 bits per heavy atom. The number of fused-ring (bicyclic) bond motifs is 4. The number of aryl methyl sites for hydroxylation is 1. The number of halogens is 1. The third kappa shape index (κ3) is 5.77. The maximum absolute atomic E-state index is 13.9. The summed E-state index contributed by atoms with van der Waals surface area (Å²) in [6, 6.07) is 18.5. The van der Waals surface area contributed by atoms with Gasteiger partial charge in [-0.15, -0.1) is 0 Å². The number of nitrogens with zero attached hydrogens (tertiary/aromatic N) is 4. The van der Waals surface area contributed by atoms with Crippen molar-refractivity contribution in [3.05, 3.63) is 60.2 Å². The Balaban J connectivity index is 0.000000147. The van der Waals surface area contributed by atoms with Crippen LogP contribution in [0.5, 0.6) is 0 Å². The molecule has 4 aromatic rings. The van der Waals surface area contributed by atoms with Crippen molar-refractivity contribution in [1.82, 2.24) is 15.2 Å². The van der Waals surface area contributed by atoms with Gasteiger partial charge in [-0.05, 0) is 95.8 Å². The molecule has 8 rings (SSSR count). The van der Waals surface area contributed by atoms with E-state index in [0.717, 1.165) is 40.8 Å². The fourth-order valence-electron chi connectivity index (χ4n) is 8.92. The highest BCUT2D eigenvalue weighted by Gasteiger charge is 2.42. The van der Waals surface area contributed by atoms with Crippen LogP contribution in [-0.2, 0) is 7.05 Å². The fourth-order valence-corrected chi connectivity index (χ4v) is 8.92. The van der Waals surface area contributed by atoms with Crippen LogP contribution in [0.15, 0.2) is 53.1 Å². The summed E-state index contributed by atoms with van der Waals surface area (Å²) in [7, 11) is 1.96. The van der Waals surface area contributed by atoms with Crippen molar-refractivity contribution in [3.8, 4) is 6.07 Å². The molecule has 4 atom stereocenters. The van der Waals surface area contributed by atoms with E-state index in [2.05, 4.69) is 72.4 Å². The molecule has 8 heteroatoms. The molecule has 244 valence electrons. The van der Waals surface area contributed by atoms with Gasteiger partial charge >= 0.3 is 0 Å². The minimum absolute atomic E-state index is 0.0585. The monoisotopic (exact) mass is 624 g/mol. The van der Waals surface area contributed by atoms with Crippen LogP contribution in [0.1, 0.15) is 84.8 Å². The second-order valence-electron chi connectivity index (χ2n) is 15.4. The fraction of sp³-hybridized carbons (Fsp3) is 0.553. The van der Waals surface area contributed by atoms with Gasteiger partial charge in [0.05, 0.1) is 6.26 Å². The number of benzene rings is 2. The molecule has 4 fully saturated rings. The number of nitrogens with one attached hydrogen (secondary N) is 2. The second kappa shape index (κ2) is 11.9. The van der Waals surface area contributed by atoms with E-state index in [1.165, 1.54) is 63.1 Å². The van der Waals surface area contributed by atoms with Crippen LogP contribution >= 0.6 is 0 Å². The Bertz CT molecular complexity index is 1760. The average molecular weight is 625 g/mol. The Kier molecular flexibility index (Phi) is 8.05. The van der Waals surface area contributed by atoms with Crippen molar-refractivity contribution in [2.75, 3.05) is 22.9 Å². The van der Waals surface area contributed by atoms with E-state index in [0.29, 0.717) is 29.8 Å². The molecular weight excluding hydrogens is 575 g/mol. The van der Waals surface area contributed by atoms with Gasteiger partial charge in [0.15, 0.2) is 11.4 Å². The molecule has 0 spiro atoms. The van der Waals surface area contributed by atoms with Gasteiger partial charge in [0, 0.05) is 83.0 Å². The Morgan fingerprint density at radius 3 is 2.13 bits per heavy atom. The van der Waals surface area contributed by atoms with E-state index in [4.69, 9.17) is 4.42 Å². The topological polar surface area (TPSA) is 72.4 Å². The molecule has 2 aromatic carbocycles. The maximum Gasteiger partial charge on any atom is 0.171 e. The molecule has 2 aliphatic carbocycles. The van der Waals surface area contributed by atoms with E-state index in [1.54, 1.807) is 6.26 Å². The van der Waals surface area contributed by atoms with Gasteiger partial charge in [0.25, 0.3) is 0 Å². The molecule has 2 N–H and O–H groups in total. The Labute approximate surface area is 272 Å². The molecule has 0 amide bonds. The quantitative estimate of drug-likeness (QED) is 0.239. The third-order valence-electron chi connectivity index (χ3n) is 10.9. The number of nitriles is 1. The van der Waals surface area contributed by atoms with Gasteiger partial charge in [0.2, 0.25) is 0 Å². The van der Waals surface area contributed by atoms with Crippen molar-refractivity contribution in [2.45, 2.75) is 114 Å². The highest BCUT2D eigenvalue weighted by molar-refractivity contribution is 5.91. The van der Waals surface area contributed by atoms with Gasteiger partial charge in [-0.1, -0.05) is 25.7 Å². The summed E-state index contributed by atoms with van der Waals surface area (Å²) in [4.78, 5) is 5.09. The average Bonchev–Trinajstić information content (AvgIpc) is 3.65. The highest BCUT2D eigenvalue weighted by Crippen LogP contribution is 2.38. The van der Waals surface area contributed by atoms with Crippen LogP contribution in [0.4, 0.5) is 15.8 Å². The summed E-state index contributed by atoms with van der Waals surface area (Å²) >= 11 is 0. The third-order valence-corrected chi connectivity index (χ3v) is 10.9. The van der Waals surface area contributed by atoms with Crippen LogP contribution in [-0.4, -0.2) is 52.9 Å². The molecule has 0 unspecified atom stereocenters. The first kappa shape index (κ1) is 31.1. The van der Waals surface area contributed by atoms with Crippen LogP contribution in [0.2, 0.25) is 0 Å². The van der Waals surface area contributed by atoms with E-state index >= 15 is 0 Å². The normalized spacial score (nSPS) is 27.0. The summed E-state index contributed by atoms with van der Waals surface area (Å²) < 4.78 is 21.3. The Hall–Kier alpha value is -3.54. The maximum atomic E-state index is 13.9. The molecule has 46 heavy (non-hydrogen) atoms. The lowest BCUT2D eigenvalue weighted by molar-refractivity contribution is 0.199. The van der Waals surface area contributed by atoms with Gasteiger partial charge in [-0.25, -0.2) is 4.39 Å². The second-order valence-corrected chi connectivity index (χ2v) is 15.4. The number of rotatable bonds is 2. The molecule has 4 aliphatic rings. The van der Waals surface area contributed by atoms with Gasteiger partial charge in [0.1, 0.15) is 11.8 Å². The van der Waals surface area contributed by atoms with Gasteiger partial charge < -0.3 is 29.4 Å². The standard InChI is InChI=1S/C20H26N4.C18H23FN2O/c1-20(2)13-24(19-7-5-4-6-17(19)22-20)15-8-9-18-14(10-15)11-16(12-21)23(18)3;1-18(2)11-21(16-6-4-3-5-14(16)20-18)15-8-7-13(19)17-12(15)9-10-22-17/h8-11,17,19,22H,4-7,13H2,1-3H3;7-10,14,16,20H,3-6,11H2,1-2H3/t17-,19+;14-,16+/m10/s1. The van der Waals surface area contributed by atoms with Crippen LogP contribution in [0.3, 0.4) is 0 Å². The summed E-state index contributed by atoms with van der Waals surface area (Å²) in [5.74, 6) is -0.279. The number of hydrogen-bond acceptors (Lipinski definition) is 6. The van der Waals surface area contributed by atoms with Gasteiger partial charge in [-0.3, -0.25) is 0 Å². The zero-order chi connectivity index (χ0) is 32.2. The van der Waals surface area contributed by atoms with Crippen molar-refractivity contribution in [2.24, 2.45) is 7.05 Å². The number of furan rings is 1. The molecule has 0 radical (unpaired) electrons. The minimum Gasteiger partial charge on any atom is -0.461 e. The molecule has 4 heterocycles. The lowest BCUT2D eigenvalue weighted by Gasteiger charge is -2.52. The van der Waals surface area contributed by atoms with E-state index in [-0.39, 0.29) is 16.9 Å². The first-order chi connectivity index (χ1) is 22.0. The number of anilines is 2. The smallest absolute Gasteiger partial charge is 0.171 e. The minimum atomic E-state index is -0.279. The zero-order valence-electron chi connectivity index (χ0n) is 28.1. The lowest BCUT2D eigenvalue weighted by atomic mass is 9.83. The molecule has 2 aliphatic heterocycles. The summed E-state index contributed by atoms with van der Waals surface area (Å²) in [5, 5.41) is 19.0. The SMILES string of the molecule is CC1(C)CN(c2ccc(F)c3occc23)[C@@H]2CCCC[C@@H]2N1.Cn1c(C#N)cc2cc(N3CC(C)(C)N[C@@H]4CCCC[C@@H]43)ccc21. The van der Waals surface area contributed by atoms with Crippen molar-refractivity contribution < 1.29 is 8.81 Å². The summed E-state index contributed by atoms with van der Waals surface area (Å²) in [6.45, 7) is 11.1. The molecule has 7 nitrogen and oxygen atoms in total. The van der Waals surface area contributed by atoms with Crippen LogP contribution in [0.25, 0.3) is 21.9 Å². The molecule has 2 aromatic heterocycles. The lowest BCUT2D eigenvalue weighted by Crippen LogP contribution is -2.67. The molecule has 2 saturated carbocycles. The number of hydrogen-bond donors (Lipinski definition) is 2. The highest BCUT2D eigenvalue weighted by atomic mass is 19.1. The van der Waals surface area contributed by atoms with Gasteiger partial charge in [-0.2, -0.15) is 5.26 Å². The van der Waals surface area contributed by atoms with Crippen LogP contribution < -0.4 is 20.4 Å². The van der Waals surface area contributed by atoms with E-state index in [9.17, 15) is 9.65 Å². The van der Waals surface area contributed by atoms with Crippen LogP contribution in [0, 0.1) is 17.1 Å². The Morgan fingerprint density at radius 1 is 0.826 bits per heavy atom. The molecule has 2 saturated heterocycles. The first-order valence-electron chi connectivity index (χ1n) is 17.3. The zero-order valence-corrected chi connectivity index (χ0v) is 28.1. The predicted octanol–water partition coefficient (Wildman–Crippen LogP) is 7.62. The largest absolute Gasteiger partial charge is 0.461 e. The van der Waals surface area contributed by atoms with E-state index in [1.807, 2.05) is 29.8 Å². The number of aromatic nitrogens is 1. The van der Waals surface area contributed by atoms with Crippen molar-refractivity contribution >= 4 is 33.2 Å². The molecular formula is C38H49FN6O. The number of piperazine rings is 2. The molecule has 0 bridgehead atoms. The predicted molar refractivity (Wildman–Crippen MR) is 185 cm³/mol. The van der Waals surface area contributed by atoms with Crippen molar-refractivity contribution in [3.63, 3.8) is 0 Å². The first-order valence-corrected chi connectivity index (χ1v) is 17.3. The summed E-state index contributed by atoms with van der Waals surface area (Å²) in [5.41, 5.74) is 4.82. The van der Waals surface area contributed by atoms with Crippen molar-refractivity contribution in [1.29, 1.82) is 5.26 Å².